The molecule has 8 rings (SSSR count). The number of nitrogen functional groups attached to an aromatic ring is 1. The van der Waals surface area contributed by atoms with E-state index in [9.17, 15) is 64.5 Å². The lowest BCUT2D eigenvalue weighted by Gasteiger charge is -2.30. The third kappa shape index (κ3) is 15.9. The molecule has 1 saturated heterocycles. The molecule has 31 heteroatoms. The van der Waals surface area contributed by atoms with E-state index in [1.165, 1.54) is 16.7 Å². The van der Waals surface area contributed by atoms with Gasteiger partial charge in [0.05, 0.1) is 23.3 Å². The van der Waals surface area contributed by atoms with Crippen molar-refractivity contribution in [2.75, 3.05) is 61.0 Å². The van der Waals surface area contributed by atoms with Gasteiger partial charge in [0.2, 0.25) is 17.2 Å². The number of hydrogen-bond donors (Lipinski definition) is 10. The number of phosphoric ester groups is 2. The van der Waals surface area contributed by atoms with Crippen molar-refractivity contribution in [1.82, 2.24) is 29.4 Å². The third-order valence-electron chi connectivity index (χ3n) is 15.2. The molecular weight excluding hydrogens is 1200 g/mol. The fourth-order valence-corrected chi connectivity index (χ4v) is 13.0. The summed E-state index contributed by atoms with van der Waals surface area (Å²) in [4.78, 5) is 65.3. The number of fused-ring (bicyclic) bond motifs is 3. The number of nitrogens with two attached hydrogens (primary N) is 1. The molecule has 0 radical (unpaired) electrons. The smallest absolute Gasteiger partial charge is 0.456 e. The largest absolute Gasteiger partial charge is 0.470 e. The average molecular weight is 1270 g/mol. The van der Waals surface area contributed by atoms with Gasteiger partial charge in [0, 0.05) is 65.6 Å². The van der Waals surface area contributed by atoms with Gasteiger partial charge < -0.3 is 55.1 Å². The number of unbranched alkanes of at least 4 members (excludes halogenated alkanes) is 3. The highest BCUT2D eigenvalue weighted by atomic mass is 32.2. The van der Waals surface area contributed by atoms with Crippen LogP contribution in [0.15, 0.2) is 100 Å². The first-order chi connectivity index (χ1) is 40.6. The Morgan fingerprint density at radius 1 is 0.919 bits per heavy atom. The Hall–Kier alpha value is -6.27. The highest BCUT2D eigenvalue weighted by molar-refractivity contribution is 7.86. The van der Waals surface area contributed by atoms with Crippen LogP contribution in [0.3, 0.4) is 0 Å². The van der Waals surface area contributed by atoms with Crippen molar-refractivity contribution in [3.8, 4) is 22.6 Å². The van der Waals surface area contributed by atoms with Crippen LogP contribution in [-0.2, 0) is 53.4 Å². The highest BCUT2D eigenvalue weighted by Crippen LogP contribution is 2.52. The number of amides is 1. The molecule has 2 aromatic heterocycles. The van der Waals surface area contributed by atoms with Gasteiger partial charge in [-0.15, -0.1) is 0 Å². The first-order valence-electron chi connectivity index (χ1n) is 27.8. The van der Waals surface area contributed by atoms with E-state index in [0.717, 1.165) is 47.0 Å². The molecule has 466 valence electrons. The number of benzene rings is 3. The highest BCUT2D eigenvalue weighted by Gasteiger charge is 2.50. The van der Waals surface area contributed by atoms with E-state index in [-0.39, 0.29) is 53.1 Å². The molecule has 27 nitrogen and oxygen atoms in total. The Balaban J connectivity index is 0.951. The van der Waals surface area contributed by atoms with Gasteiger partial charge in [0.25, 0.3) is 20.2 Å². The van der Waals surface area contributed by atoms with Crippen molar-refractivity contribution in [3.63, 3.8) is 0 Å². The fraction of sp³-hybridized carbons (Fsp3) is 0.436. The van der Waals surface area contributed by atoms with E-state index < -0.39 is 78.2 Å². The van der Waals surface area contributed by atoms with Crippen molar-refractivity contribution >= 4 is 76.5 Å². The number of anilines is 3. The Morgan fingerprint density at radius 3 is 2.31 bits per heavy atom. The van der Waals surface area contributed by atoms with E-state index in [4.69, 9.17) is 19.4 Å². The van der Waals surface area contributed by atoms with Gasteiger partial charge in [-0.2, -0.15) is 16.8 Å². The molecule has 5 atom stereocenters. The minimum absolute atomic E-state index is 0.00899. The van der Waals surface area contributed by atoms with E-state index in [1.807, 2.05) is 79.4 Å². The molecule has 2 aromatic carbocycles. The summed E-state index contributed by atoms with van der Waals surface area (Å²) < 4.78 is 118. The molecule has 1 aliphatic carbocycles. The predicted molar refractivity (Wildman–Crippen MR) is 319 cm³/mol. The van der Waals surface area contributed by atoms with Gasteiger partial charge in [0.15, 0.2) is 23.2 Å². The van der Waals surface area contributed by atoms with Crippen molar-refractivity contribution in [1.29, 1.82) is 0 Å². The van der Waals surface area contributed by atoms with E-state index in [2.05, 4.69) is 54.6 Å². The van der Waals surface area contributed by atoms with Crippen LogP contribution in [-0.4, -0.2) is 139 Å². The number of carbonyl (C=O) groups is 1. The molecule has 3 aliphatic heterocycles. The Morgan fingerprint density at radius 2 is 1.64 bits per heavy atom. The van der Waals surface area contributed by atoms with Crippen LogP contribution in [0, 0.1) is 6.92 Å². The topological polar surface area (TPSA) is 402 Å². The summed E-state index contributed by atoms with van der Waals surface area (Å²) >= 11 is 0. The second-order valence-corrected chi connectivity index (χ2v) is 26.5. The third-order valence-corrected chi connectivity index (χ3v) is 17.9. The Labute approximate surface area is 497 Å². The number of rotatable bonds is 28. The molecule has 5 heterocycles. The summed E-state index contributed by atoms with van der Waals surface area (Å²) in [5, 5.41) is 18.4. The number of phosphoric acid groups is 2. The molecule has 0 spiro atoms. The molecule has 4 aliphatic rings. The number of hydrogen-bond acceptors (Lipinski definition) is 18. The fourth-order valence-electron chi connectivity index (χ4n) is 11.1. The summed E-state index contributed by atoms with van der Waals surface area (Å²) in [6, 6.07) is 20.1. The monoisotopic (exact) mass is 1270 g/mol. The molecule has 11 N–H and O–H groups in total. The van der Waals surface area contributed by atoms with Gasteiger partial charge >= 0.3 is 15.6 Å². The van der Waals surface area contributed by atoms with Crippen LogP contribution in [0.25, 0.3) is 39.9 Å². The number of allylic oxidation sites excluding steroid dienone is 3. The molecule has 1 fully saturated rings. The minimum atomic E-state index is -5.28. The average Bonchev–Trinajstić information content (AvgIpc) is 1.61. The molecular formula is C55H72N9O18P2S2+. The number of nitrogens with zero attached hydrogens (tertiary/aromatic N) is 6. The molecule has 0 bridgehead atoms. The maximum atomic E-state index is 13.5. The molecule has 1 unspecified atom stereocenters. The minimum Gasteiger partial charge on any atom is -0.456 e. The lowest BCUT2D eigenvalue weighted by atomic mass is 9.77. The molecule has 86 heavy (non-hydrogen) atoms. The molecule has 4 aromatic rings. The number of imidazole rings is 1. The Bertz CT molecular complexity index is 3870. The summed E-state index contributed by atoms with van der Waals surface area (Å²) in [6.07, 6.45) is 3.34. The molecule has 0 saturated carbocycles. The molecule has 1 amide bonds. The summed E-state index contributed by atoms with van der Waals surface area (Å²) in [5.74, 6) is 0.600. The van der Waals surface area contributed by atoms with E-state index in [0.29, 0.717) is 80.1 Å². The number of ether oxygens (including phenoxy) is 1. The van der Waals surface area contributed by atoms with Crippen LogP contribution in [0.5, 0.6) is 0 Å². The number of carbonyl (C=O) groups excluding carboxylic acids is 1. The standard InChI is InChI=1S/C55H71N9O18P2S2/c1-5-62(6-2)37-22-24-40-39(35(3)49(80-43(40)31-37)36-17-10-9-11-18-36)19-14-20-45-55(4,41-32-38(86(76,77)78)23-25-42(41)63(45)29-16-30-85(73,74)75)26-15-21-46(65)57-27-12-7-8-13-28-58-54-61-47-51(56)59-34-60-52(47)64(54)53-48(66)50(82-84(70,71)72)44(81-53)33-79-83(67,68)69/h9-11,14,17-20,22-25,31-32,34,44,48,50,53,66H,5-8,12-13,15-16,21,26-30,33H2,1-4H3,(H9-,56,57,58,59,60,61,65,67,68,69,70,71,72,73,74,75,76,77,78)/p+1/t44-,48-,50-,53-,55?/m1/s1. The first kappa shape index (κ1) is 65.7. The summed E-state index contributed by atoms with van der Waals surface area (Å²) in [5.41, 5.74) is 10.5. The van der Waals surface area contributed by atoms with E-state index in [1.54, 1.807) is 6.07 Å². The van der Waals surface area contributed by atoms with Crippen LogP contribution >= 0.6 is 15.6 Å². The van der Waals surface area contributed by atoms with Crippen LogP contribution in [0.1, 0.15) is 95.1 Å². The second-order valence-electron chi connectivity index (χ2n) is 21.1. The van der Waals surface area contributed by atoms with Gasteiger partial charge in [-0.1, -0.05) is 55.3 Å². The van der Waals surface area contributed by atoms with Crippen molar-refractivity contribution in [2.45, 2.75) is 114 Å². The Kier molecular flexibility index (Phi) is 20.9. The van der Waals surface area contributed by atoms with Gasteiger partial charge in [-0.05, 0) is 101 Å². The van der Waals surface area contributed by atoms with Crippen molar-refractivity contribution in [3.05, 3.63) is 113 Å². The second kappa shape index (κ2) is 27.4. The maximum absolute atomic E-state index is 13.5. The normalized spacial score (nSPS) is 19.8. The zero-order valence-electron chi connectivity index (χ0n) is 47.7. The van der Waals surface area contributed by atoms with Gasteiger partial charge in [0.1, 0.15) is 49.2 Å². The zero-order chi connectivity index (χ0) is 62.4. The maximum Gasteiger partial charge on any atom is 0.470 e. The summed E-state index contributed by atoms with van der Waals surface area (Å²) in [7, 11) is -19.4. The number of aliphatic hydroxyl groups excluding tert-OH is 1. The quantitative estimate of drug-likeness (QED) is 0.0118. The SMILES string of the molecule is CC[N+](CC)=c1ccc2c(/C=C/C=C3\N(CCCS(=O)(=O)O)c4ccc(S(=O)(=O)O)cc4C3(C)CCCC(=O)NCCCCCCNc3nc4c(N)ncnc4n3[C@@H]3O[C@H](COP(=O)(O)O)[C@@H](OP(=O)(O)O)[C@H]3O)c(C)c(-c3ccccc3)oc-2c1. The number of aromatic nitrogens is 4. The van der Waals surface area contributed by atoms with Crippen LogP contribution < -0.4 is 31.2 Å². The van der Waals surface area contributed by atoms with Crippen LogP contribution in [0.4, 0.5) is 17.5 Å². The van der Waals surface area contributed by atoms with E-state index >= 15 is 0 Å². The van der Waals surface area contributed by atoms with Gasteiger partial charge in [-0.25, -0.2) is 28.7 Å². The van der Waals surface area contributed by atoms with Gasteiger partial charge in [-0.3, -0.25) is 27.5 Å². The lowest BCUT2D eigenvalue weighted by Crippen LogP contribution is -2.36. The predicted octanol–water partition coefficient (Wildman–Crippen LogP) is 5.90. The number of aliphatic hydroxyl groups is 1. The lowest BCUT2D eigenvalue weighted by molar-refractivity contribution is -0.121. The number of nitrogens with one attached hydrogen (secondary N) is 2. The van der Waals surface area contributed by atoms with Crippen molar-refractivity contribution < 1.29 is 82.7 Å². The zero-order valence-corrected chi connectivity index (χ0v) is 51.1. The first-order valence-corrected chi connectivity index (χ1v) is 33.9. The van der Waals surface area contributed by atoms with Crippen LogP contribution in [0.2, 0.25) is 0 Å². The summed E-state index contributed by atoms with van der Waals surface area (Å²) in [6.45, 7) is 9.49. The van der Waals surface area contributed by atoms with Crippen molar-refractivity contribution in [2.24, 2.45) is 0 Å².